The Morgan fingerprint density at radius 3 is 2.67 bits per heavy atom. The average Bonchev–Trinajstić information content (AvgIpc) is 2.69. The van der Waals surface area contributed by atoms with Crippen molar-refractivity contribution in [3.63, 3.8) is 0 Å². The van der Waals surface area contributed by atoms with Crippen molar-refractivity contribution in [2.24, 2.45) is 0 Å². The molecule has 1 aromatic rings. The molecule has 0 aliphatic carbocycles. The Morgan fingerprint density at radius 2 is 2.27 bits per heavy atom. The zero-order chi connectivity index (χ0) is 11.4. The van der Waals surface area contributed by atoms with Crippen LogP contribution in [0.5, 0.6) is 0 Å². The molecule has 0 radical (unpaired) electrons. The van der Waals surface area contributed by atoms with E-state index in [1.807, 2.05) is 37.8 Å². The van der Waals surface area contributed by atoms with Gasteiger partial charge in [-0.1, -0.05) is 6.92 Å². The molecule has 0 bridgehead atoms. The van der Waals surface area contributed by atoms with E-state index in [1.54, 1.807) is 4.90 Å². The maximum absolute atomic E-state index is 11.7. The van der Waals surface area contributed by atoms with Crippen LogP contribution in [-0.4, -0.2) is 35.9 Å². The fourth-order valence-corrected chi connectivity index (χ4v) is 2.27. The van der Waals surface area contributed by atoms with Gasteiger partial charge in [0.15, 0.2) is 5.78 Å². The van der Waals surface area contributed by atoms with E-state index in [-0.39, 0.29) is 5.78 Å². The number of carbonyl (C=O) groups excluding carboxylic acids is 1. The summed E-state index contributed by atoms with van der Waals surface area (Å²) in [4.78, 5) is 13.5. The Kier molecular flexibility index (Phi) is 4.45. The molecule has 0 saturated carbocycles. The monoisotopic (exact) mass is 227 g/mol. The largest absolute Gasteiger partial charge is 0.386 e. The maximum atomic E-state index is 11.7. The standard InChI is InChI=1S/C11H17NO2S/c1-4-9(13)10(12(2)3)11(14)8-5-6-15-7-8/h5-7,10-11,14H,4H2,1-3H3/t10-,11+/m1/s1. The number of ketones is 1. The van der Waals surface area contributed by atoms with Gasteiger partial charge in [-0.2, -0.15) is 11.3 Å². The quantitative estimate of drug-likeness (QED) is 0.832. The Labute approximate surface area is 94.3 Å². The molecule has 0 aliphatic rings. The highest BCUT2D eigenvalue weighted by molar-refractivity contribution is 7.07. The number of aliphatic hydroxyl groups excluding tert-OH is 1. The molecule has 0 saturated heterocycles. The van der Waals surface area contributed by atoms with Crippen LogP contribution in [0.25, 0.3) is 0 Å². The van der Waals surface area contributed by atoms with Gasteiger partial charge in [-0.15, -0.1) is 0 Å². The maximum Gasteiger partial charge on any atom is 0.152 e. The van der Waals surface area contributed by atoms with Gasteiger partial charge in [-0.25, -0.2) is 0 Å². The first-order valence-corrected chi connectivity index (χ1v) is 5.91. The Balaban J connectivity index is 2.85. The number of rotatable bonds is 5. The minimum absolute atomic E-state index is 0.0682. The minimum atomic E-state index is -0.723. The van der Waals surface area contributed by atoms with E-state index in [0.29, 0.717) is 6.42 Å². The summed E-state index contributed by atoms with van der Waals surface area (Å²) in [6.45, 7) is 1.82. The van der Waals surface area contributed by atoms with Crippen molar-refractivity contribution < 1.29 is 9.90 Å². The molecule has 0 amide bonds. The number of aliphatic hydroxyl groups is 1. The van der Waals surface area contributed by atoms with Crippen LogP contribution in [0.15, 0.2) is 16.8 Å². The van der Waals surface area contributed by atoms with E-state index in [9.17, 15) is 9.90 Å². The van der Waals surface area contributed by atoms with Gasteiger partial charge in [-0.05, 0) is 36.5 Å². The SMILES string of the molecule is CCC(=O)[C@H]([C@@H](O)c1ccsc1)N(C)C. The van der Waals surface area contributed by atoms with Crippen molar-refractivity contribution in [2.45, 2.75) is 25.5 Å². The van der Waals surface area contributed by atoms with E-state index in [1.165, 1.54) is 11.3 Å². The van der Waals surface area contributed by atoms with Crippen LogP contribution in [0.1, 0.15) is 25.0 Å². The zero-order valence-corrected chi connectivity index (χ0v) is 10.1. The molecule has 0 spiro atoms. The van der Waals surface area contributed by atoms with Gasteiger partial charge in [-0.3, -0.25) is 9.69 Å². The van der Waals surface area contributed by atoms with Gasteiger partial charge in [0.1, 0.15) is 6.10 Å². The summed E-state index contributed by atoms with van der Waals surface area (Å²) in [5.41, 5.74) is 0.820. The van der Waals surface area contributed by atoms with Gasteiger partial charge < -0.3 is 5.11 Å². The summed E-state index contributed by atoms with van der Waals surface area (Å²) in [7, 11) is 3.63. The van der Waals surface area contributed by atoms with Gasteiger partial charge in [0.2, 0.25) is 0 Å². The zero-order valence-electron chi connectivity index (χ0n) is 9.30. The first kappa shape index (κ1) is 12.4. The number of thiophene rings is 1. The van der Waals surface area contributed by atoms with Crippen molar-refractivity contribution in [1.82, 2.24) is 4.90 Å². The van der Waals surface area contributed by atoms with E-state index in [4.69, 9.17) is 0 Å². The van der Waals surface area contributed by atoms with Crippen LogP contribution in [-0.2, 0) is 4.79 Å². The summed E-state index contributed by atoms with van der Waals surface area (Å²) in [5, 5.41) is 13.9. The fourth-order valence-electron chi connectivity index (χ4n) is 1.58. The second kappa shape index (κ2) is 5.39. The molecule has 3 nitrogen and oxygen atoms in total. The minimum Gasteiger partial charge on any atom is -0.386 e. The van der Waals surface area contributed by atoms with Crippen LogP contribution < -0.4 is 0 Å². The first-order valence-electron chi connectivity index (χ1n) is 4.97. The summed E-state index contributed by atoms with van der Waals surface area (Å²) < 4.78 is 0. The van der Waals surface area contributed by atoms with Crippen LogP contribution in [0, 0.1) is 0 Å². The number of Topliss-reactive ketones (excluding diaryl/α,β-unsaturated/α-hetero) is 1. The van der Waals surface area contributed by atoms with Crippen LogP contribution in [0.3, 0.4) is 0 Å². The molecule has 1 N–H and O–H groups in total. The van der Waals surface area contributed by atoms with Crippen molar-refractivity contribution in [2.75, 3.05) is 14.1 Å². The van der Waals surface area contributed by atoms with Crippen molar-refractivity contribution >= 4 is 17.1 Å². The molecule has 1 rings (SSSR count). The normalized spacial score (nSPS) is 15.3. The topological polar surface area (TPSA) is 40.5 Å². The highest BCUT2D eigenvalue weighted by Crippen LogP contribution is 2.23. The van der Waals surface area contributed by atoms with Crippen molar-refractivity contribution in [1.29, 1.82) is 0 Å². The van der Waals surface area contributed by atoms with Gasteiger partial charge in [0.25, 0.3) is 0 Å². The third-order valence-corrected chi connectivity index (χ3v) is 3.12. The van der Waals surface area contributed by atoms with E-state index in [0.717, 1.165) is 5.56 Å². The summed E-state index contributed by atoms with van der Waals surface area (Å²) in [6.07, 6.45) is -0.275. The van der Waals surface area contributed by atoms with Gasteiger partial charge >= 0.3 is 0 Å². The van der Waals surface area contributed by atoms with E-state index < -0.39 is 12.1 Å². The summed E-state index contributed by atoms with van der Waals surface area (Å²) in [6, 6.07) is 1.42. The molecule has 0 unspecified atom stereocenters. The first-order chi connectivity index (χ1) is 7.07. The molecule has 84 valence electrons. The number of hydrogen-bond acceptors (Lipinski definition) is 4. The Bertz CT molecular complexity index is 308. The highest BCUT2D eigenvalue weighted by Gasteiger charge is 2.28. The van der Waals surface area contributed by atoms with E-state index in [2.05, 4.69) is 0 Å². The molecule has 0 aliphatic heterocycles. The molecule has 4 heteroatoms. The molecule has 15 heavy (non-hydrogen) atoms. The van der Waals surface area contributed by atoms with Crippen molar-refractivity contribution in [3.05, 3.63) is 22.4 Å². The summed E-state index contributed by atoms with van der Waals surface area (Å²) in [5.74, 6) is 0.0682. The molecular weight excluding hydrogens is 210 g/mol. The highest BCUT2D eigenvalue weighted by atomic mass is 32.1. The molecule has 0 aromatic carbocycles. The lowest BCUT2D eigenvalue weighted by Crippen LogP contribution is -2.40. The Morgan fingerprint density at radius 1 is 1.60 bits per heavy atom. The number of nitrogens with zero attached hydrogens (tertiary/aromatic N) is 1. The third-order valence-electron chi connectivity index (χ3n) is 2.42. The third kappa shape index (κ3) is 2.87. The molecular formula is C11H17NO2S. The van der Waals surface area contributed by atoms with Crippen molar-refractivity contribution in [3.8, 4) is 0 Å². The Hall–Kier alpha value is -0.710. The van der Waals surface area contributed by atoms with Crippen LogP contribution in [0.4, 0.5) is 0 Å². The van der Waals surface area contributed by atoms with Crippen LogP contribution in [0.2, 0.25) is 0 Å². The lowest BCUT2D eigenvalue weighted by atomic mass is 9.99. The van der Waals surface area contributed by atoms with Gasteiger partial charge in [0, 0.05) is 6.42 Å². The second-order valence-corrected chi connectivity index (χ2v) is 4.51. The molecule has 0 fully saturated rings. The molecule has 1 aromatic heterocycles. The smallest absolute Gasteiger partial charge is 0.152 e. The number of carbonyl (C=O) groups is 1. The second-order valence-electron chi connectivity index (χ2n) is 3.73. The number of likely N-dealkylation sites (N-methyl/N-ethyl adjacent to an activating group) is 1. The van der Waals surface area contributed by atoms with Crippen LogP contribution >= 0.6 is 11.3 Å². The number of hydrogen-bond donors (Lipinski definition) is 1. The predicted molar refractivity (Wildman–Crippen MR) is 62.1 cm³/mol. The predicted octanol–water partition coefficient (Wildman–Crippen LogP) is 1.69. The molecule has 2 atom stereocenters. The summed E-state index contributed by atoms with van der Waals surface area (Å²) >= 11 is 1.53. The lowest BCUT2D eigenvalue weighted by Gasteiger charge is -2.27. The van der Waals surface area contributed by atoms with Gasteiger partial charge in [0.05, 0.1) is 6.04 Å². The fraction of sp³-hybridized carbons (Fsp3) is 0.545. The molecule has 1 heterocycles. The van der Waals surface area contributed by atoms with E-state index >= 15 is 0 Å². The average molecular weight is 227 g/mol. The lowest BCUT2D eigenvalue weighted by molar-refractivity contribution is -0.127.